The molecule has 0 N–H and O–H groups in total. The first-order chi connectivity index (χ1) is 7.24. The fourth-order valence-corrected chi connectivity index (χ4v) is 2.02. The summed E-state index contributed by atoms with van der Waals surface area (Å²) in [5, 5.41) is 0. The minimum atomic E-state index is -3.56. The maximum Gasteiger partial charge on any atom is 0.764 e. The van der Waals surface area contributed by atoms with Gasteiger partial charge < -0.3 is 4.43 Å². The van der Waals surface area contributed by atoms with E-state index in [9.17, 15) is 0 Å². The summed E-state index contributed by atoms with van der Waals surface area (Å²) in [4.78, 5) is 13.3. The Hall–Kier alpha value is 0.227. The zero-order chi connectivity index (χ0) is 11.6. The van der Waals surface area contributed by atoms with Gasteiger partial charge in [0.25, 0.3) is 0 Å². The zero-order valence-electron chi connectivity index (χ0n) is 8.86. The average molecular weight is 263 g/mol. The number of halogens is 1. The second-order valence-corrected chi connectivity index (χ2v) is 4.31. The topological polar surface area (TPSA) is 64.6 Å². The van der Waals surface area contributed by atoms with Gasteiger partial charge in [-0.25, -0.2) is 14.7 Å². The van der Waals surface area contributed by atoms with Crippen LogP contribution in [0.3, 0.4) is 0 Å². The number of alkyl halides is 1. The molecule has 0 aromatic carbocycles. The van der Waals surface area contributed by atoms with Gasteiger partial charge in [-0.05, 0) is 6.42 Å². The second-order valence-electron chi connectivity index (χ2n) is 2.14. The van der Waals surface area contributed by atoms with Crippen molar-refractivity contribution in [2.45, 2.75) is 6.42 Å². The molecular formula is C6H15ClO7Si. The van der Waals surface area contributed by atoms with Gasteiger partial charge in [-0.1, -0.05) is 0 Å². The van der Waals surface area contributed by atoms with Crippen LogP contribution >= 0.6 is 11.6 Å². The molecule has 0 aromatic heterocycles. The molecular weight excluding hydrogens is 248 g/mol. The normalized spacial score (nSPS) is 12.0. The maximum absolute atomic E-state index is 5.48. The molecule has 0 unspecified atom stereocenters. The van der Waals surface area contributed by atoms with Crippen LogP contribution in [-0.4, -0.2) is 42.9 Å². The molecule has 0 spiro atoms. The average Bonchev–Trinajstić information content (AvgIpc) is 2.19. The Labute approximate surface area is 94.3 Å². The third kappa shape index (κ3) is 6.40. The van der Waals surface area contributed by atoms with Gasteiger partial charge in [0.05, 0.1) is 21.3 Å². The Morgan fingerprint density at radius 1 is 0.933 bits per heavy atom. The largest absolute Gasteiger partial charge is 0.764 e. The summed E-state index contributed by atoms with van der Waals surface area (Å²) >= 11 is 5.48. The molecule has 7 nitrogen and oxygen atoms in total. The summed E-state index contributed by atoms with van der Waals surface area (Å²) in [5.74, 6) is 0.442. The molecule has 0 rings (SSSR count). The highest BCUT2D eigenvalue weighted by Crippen LogP contribution is 2.13. The summed E-state index contributed by atoms with van der Waals surface area (Å²) in [6.45, 7) is 0.270. The highest BCUT2D eigenvalue weighted by atomic mass is 35.5. The van der Waals surface area contributed by atoms with Crippen LogP contribution in [0.4, 0.5) is 0 Å². The molecule has 0 saturated heterocycles. The minimum absolute atomic E-state index is 0.270. The molecule has 15 heavy (non-hydrogen) atoms. The third-order valence-electron chi connectivity index (χ3n) is 1.11. The van der Waals surface area contributed by atoms with Gasteiger partial charge in [-0.15, -0.1) is 11.6 Å². The van der Waals surface area contributed by atoms with Crippen LogP contribution in [0.2, 0.25) is 0 Å². The Balaban J connectivity index is 4.18. The predicted octanol–water partition coefficient (Wildman–Crippen LogP) is 0.801. The van der Waals surface area contributed by atoms with E-state index in [-0.39, 0.29) is 6.61 Å². The van der Waals surface area contributed by atoms with Crippen molar-refractivity contribution in [3.8, 4) is 0 Å². The fourth-order valence-electron chi connectivity index (χ4n) is 0.672. The van der Waals surface area contributed by atoms with Crippen molar-refractivity contribution in [3.63, 3.8) is 0 Å². The van der Waals surface area contributed by atoms with Crippen LogP contribution in [0.1, 0.15) is 6.42 Å². The molecule has 0 fully saturated rings. The molecule has 0 bridgehead atoms. The summed E-state index contributed by atoms with van der Waals surface area (Å²) in [7, 11) is 0.289. The molecule has 0 aliphatic heterocycles. The first-order valence-electron chi connectivity index (χ1n) is 4.10. The zero-order valence-corrected chi connectivity index (χ0v) is 10.6. The van der Waals surface area contributed by atoms with Gasteiger partial charge in [0.1, 0.15) is 0 Å². The maximum atomic E-state index is 5.48. The predicted molar refractivity (Wildman–Crippen MR) is 51.3 cm³/mol. The highest BCUT2D eigenvalue weighted by molar-refractivity contribution is 6.52. The van der Waals surface area contributed by atoms with Gasteiger partial charge in [0.15, 0.2) is 0 Å². The number of hydrogen-bond donors (Lipinski definition) is 0. The van der Waals surface area contributed by atoms with Crippen molar-refractivity contribution >= 4 is 20.6 Å². The molecule has 9 heteroatoms. The van der Waals surface area contributed by atoms with Crippen LogP contribution in [-0.2, 0) is 32.8 Å². The van der Waals surface area contributed by atoms with E-state index in [4.69, 9.17) is 29.8 Å². The van der Waals surface area contributed by atoms with Gasteiger partial charge in [0.2, 0.25) is 0 Å². The van der Waals surface area contributed by atoms with Crippen LogP contribution in [0.25, 0.3) is 0 Å². The van der Waals surface area contributed by atoms with Gasteiger partial charge in [-0.3, -0.25) is 0 Å². The molecule has 0 radical (unpaired) electrons. The molecule has 0 amide bonds. The summed E-state index contributed by atoms with van der Waals surface area (Å²) in [6.07, 6.45) is 0.601. The van der Waals surface area contributed by atoms with Crippen molar-refractivity contribution in [1.82, 2.24) is 0 Å². The van der Waals surface area contributed by atoms with Crippen molar-refractivity contribution in [3.05, 3.63) is 0 Å². The quantitative estimate of drug-likeness (QED) is 0.190. The summed E-state index contributed by atoms with van der Waals surface area (Å²) in [5.41, 5.74) is 0. The Morgan fingerprint density at radius 2 is 1.40 bits per heavy atom. The first kappa shape index (κ1) is 15.2. The summed E-state index contributed by atoms with van der Waals surface area (Å²) in [6, 6.07) is 0. The van der Waals surface area contributed by atoms with Crippen LogP contribution < -0.4 is 0 Å². The molecule has 0 aliphatic rings. The van der Waals surface area contributed by atoms with E-state index in [1.165, 1.54) is 21.3 Å². The lowest BCUT2D eigenvalue weighted by Gasteiger charge is -2.22. The Kier molecular flexibility index (Phi) is 9.60. The minimum Gasteiger partial charge on any atom is -0.347 e. The van der Waals surface area contributed by atoms with E-state index < -0.39 is 9.05 Å². The van der Waals surface area contributed by atoms with Gasteiger partial charge >= 0.3 is 9.05 Å². The van der Waals surface area contributed by atoms with E-state index >= 15 is 0 Å². The lowest BCUT2D eigenvalue weighted by molar-refractivity contribution is -0.370. The van der Waals surface area contributed by atoms with Gasteiger partial charge in [0, 0.05) is 12.5 Å². The van der Waals surface area contributed by atoms with E-state index in [0.29, 0.717) is 12.3 Å². The Morgan fingerprint density at radius 3 is 1.73 bits per heavy atom. The fraction of sp³-hybridized carbons (Fsp3) is 1.00. The lowest BCUT2D eigenvalue weighted by Crippen LogP contribution is -2.48. The molecule has 0 aliphatic carbocycles. The van der Waals surface area contributed by atoms with Crippen molar-refractivity contribution in [2.24, 2.45) is 0 Å². The lowest BCUT2D eigenvalue weighted by atomic mass is 10.5. The van der Waals surface area contributed by atoms with Gasteiger partial charge in [-0.2, -0.15) is 13.7 Å². The standard InChI is InChI=1S/C6H15ClO7Si/c1-8-12-15(13-9-2,14-10-3)11-6-4-5-7/h4-6H2,1-3H3. The number of hydrogen-bond acceptors (Lipinski definition) is 7. The Bertz CT molecular complexity index is 132. The SMILES string of the molecule is COO[Si](OCCCCl)(OOC)OOC. The molecule has 0 atom stereocenters. The molecule has 92 valence electrons. The first-order valence-corrected chi connectivity index (χ1v) is 6.26. The van der Waals surface area contributed by atoms with Crippen LogP contribution in [0.5, 0.6) is 0 Å². The van der Waals surface area contributed by atoms with Crippen molar-refractivity contribution in [1.29, 1.82) is 0 Å². The van der Waals surface area contributed by atoms with E-state index in [2.05, 4.69) is 14.7 Å². The highest BCUT2D eigenvalue weighted by Gasteiger charge is 2.51. The monoisotopic (exact) mass is 262 g/mol. The molecule has 0 aromatic rings. The van der Waals surface area contributed by atoms with Crippen molar-refractivity contribution in [2.75, 3.05) is 33.8 Å². The van der Waals surface area contributed by atoms with E-state index in [1.54, 1.807) is 0 Å². The smallest absolute Gasteiger partial charge is 0.347 e. The second kappa shape index (κ2) is 9.45. The van der Waals surface area contributed by atoms with Crippen LogP contribution in [0.15, 0.2) is 0 Å². The third-order valence-corrected chi connectivity index (χ3v) is 3.05. The van der Waals surface area contributed by atoms with E-state index in [1.807, 2.05) is 0 Å². The van der Waals surface area contributed by atoms with Crippen molar-refractivity contribution < 1.29 is 32.8 Å². The molecule has 0 heterocycles. The van der Waals surface area contributed by atoms with E-state index in [0.717, 1.165) is 0 Å². The van der Waals surface area contributed by atoms with Crippen LogP contribution in [0, 0.1) is 0 Å². The molecule has 0 saturated carbocycles. The summed E-state index contributed by atoms with van der Waals surface area (Å²) < 4.78 is 19.4. The number of rotatable bonds is 10.